The fourth-order valence-electron chi connectivity index (χ4n) is 3.60. The predicted molar refractivity (Wildman–Crippen MR) is 83.1 cm³/mol. The number of ether oxygens (including phenoxy) is 1. The van der Waals surface area contributed by atoms with Crippen LogP contribution >= 0.6 is 0 Å². The monoisotopic (exact) mass is 306 g/mol. The zero-order valence-electron chi connectivity index (χ0n) is 13.3. The van der Waals surface area contributed by atoms with Crippen LogP contribution in [0.1, 0.15) is 31.4 Å². The van der Waals surface area contributed by atoms with Crippen molar-refractivity contribution >= 4 is 5.91 Å². The SMILES string of the molecule is CN(Cc1cnc[nH]1)C(=O)[C@@H]1CCO[C@@H]1CC1CCNCC1. The molecule has 1 aromatic rings. The number of piperidine rings is 1. The van der Waals surface area contributed by atoms with E-state index in [4.69, 9.17) is 4.74 Å². The van der Waals surface area contributed by atoms with Gasteiger partial charge in [0.25, 0.3) is 0 Å². The molecule has 0 bridgehead atoms. The van der Waals surface area contributed by atoms with Crippen molar-refractivity contribution in [1.82, 2.24) is 20.2 Å². The van der Waals surface area contributed by atoms with Crippen molar-refractivity contribution in [2.75, 3.05) is 26.7 Å². The van der Waals surface area contributed by atoms with E-state index in [2.05, 4.69) is 15.3 Å². The summed E-state index contributed by atoms with van der Waals surface area (Å²) in [4.78, 5) is 21.6. The molecule has 122 valence electrons. The molecule has 6 nitrogen and oxygen atoms in total. The molecule has 3 heterocycles. The molecule has 0 aromatic carbocycles. The van der Waals surface area contributed by atoms with Crippen molar-refractivity contribution in [3.8, 4) is 0 Å². The number of H-pyrrole nitrogens is 1. The predicted octanol–water partition coefficient (Wildman–Crippen LogP) is 1.16. The molecule has 2 fully saturated rings. The lowest BCUT2D eigenvalue weighted by Crippen LogP contribution is -2.38. The summed E-state index contributed by atoms with van der Waals surface area (Å²) >= 11 is 0. The number of aromatic amines is 1. The second-order valence-electron chi connectivity index (χ2n) is 6.50. The third-order valence-corrected chi connectivity index (χ3v) is 4.89. The molecular weight excluding hydrogens is 280 g/mol. The molecule has 2 atom stereocenters. The Hall–Kier alpha value is -1.40. The van der Waals surface area contributed by atoms with Crippen LogP contribution in [0.5, 0.6) is 0 Å². The van der Waals surface area contributed by atoms with E-state index < -0.39 is 0 Å². The summed E-state index contributed by atoms with van der Waals surface area (Å²) in [5.74, 6) is 0.909. The van der Waals surface area contributed by atoms with Crippen LogP contribution in [0.3, 0.4) is 0 Å². The van der Waals surface area contributed by atoms with Crippen molar-refractivity contribution in [3.05, 3.63) is 18.2 Å². The highest BCUT2D eigenvalue weighted by Gasteiger charge is 2.37. The molecule has 2 aliphatic heterocycles. The van der Waals surface area contributed by atoms with Gasteiger partial charge >= 0.3 is 0 Å². The quantitative estimate of drug-likeness (QED) is 0.856. The number of carbonyl (C=O) groups is 1. The summed E-state index contributed by atoms with van der Waals surface area (Å²) in [5.41, 5.74) is 0.963. The Kier molecular flexibility index (Phi) is 5.10. The number of nitrogens with one attached hydrogen (secondary N) is 2. The van der Waals surface area contributed by atoms with Gasteiger partial charge in [-0.2, -0.15) is 0 Å². The Bertz CT molecular complexity index is 471. The van der Waals surface area contributed by atoms with Gasteiger partial charge in [-0.1, -0.05) is 0 Å². The molecule has 22 heavy (non-hydrogen) atoms. The molecule has 0 radical (unpaired) electrons. The fraction of sp³-hybridized carbons (Fsp3) is 0.750. The smallest absolute Gasteiger partial charge is 0.228 e. The molecule has 0 unspecified atom stereocenters. The van der Waals surface area contributed by atoms with Crippen LogP contribution in [0.25, 0.3) is 0 Å². The number of nitrogens with zero attached hydrogens (tertiary/aromatic N) is 2. The second kappa shape index (κ2) is 7.24. The number of carbonyl (C=O) groups excluding carboxylic acids is 1. The average molecular weight is 306 g/mol. The molecule has 2 saturated heterocycles. The number of hydrogen-bond acceptors (Lipinski definition) is 4. The van der Waals surface area contributed by atoms with Crippen LogP contribution in [0.4, 0.5) is 0 Å². The topological polar surface area (TPSA) is 70.2 Å². The molecular formula is C16H26N4O2. The third kappa shape index (κ3) is 3.67. The molecule has 3 rings (SSSR count). The normalized spacial score (nSPS) is 26.2. The van der Waals surface area contributed by atoms with Crippen LogP contribution in [0.15, 0.2) is 12.5 Å². The summed E-state index contributed by atoms with van der Waals surface area (Å²) in [7, 11) is 1.86. The highest BCUT2D eigenvalue weighted by atomic mass is 16.5. The zero-order valence-corrected chi connectivity index (χ0v) is 13.3. The molecule has 0 spiro atoms. The Labute approximate surface area is 131 Å². The summed E-state index contributed by atoms with van der Waals surface area (Å²) in [5, 5.41) is 3.39. The van der Waals surface area contributed by atoms with Gasteiger partial charge in [-0.3, -0.25) is 4.79 Å². The molecule has 6 heteroatoms. The maximum absolute atomic E-state index is 12.7. The standard InChI is InChI=1S/C16H26N4O2/c1-20(10-13-9-18-11-19-13)16(21)14-4-7-22-15(14)8-12-2-5-17-6-3-12/h9,11-12,14-15,17H,2-8,10H2,1H3,(H,18,19)/t14-,15-/m1/s1. The van der Waals surface area contributed by atoms with Gasteiger partial charge in [-0.15, -0.1) is 0 Å². The Morgan fingerprint density at radius 3 is 2.95 bits per heavy atom. The minimum absolute atomic E-state index is 0.0165. The first kappa shape index (κ1) is 15.5. The highest BCUT2D eigenvalue weighted by molar-refractivity contribution is 5.79. The Morgan fingerprint density at radius 1 is 1.41 bits per heavy atom. The van der Waals surface area contributed by atoms with E-state index in [1.807, 2.05) is 7.05 Å². The van der Waals surface area contributed by atoms with Gasteiger partial charge in [0.15, 0.2) is 0 Å². The van der Waals surface area contributed by atoms with Gasteiger partial charge in [0.2, 0.25) is 5.91 Å². The first-order valence-corrected chi connectivity index (χ1v) is 8.28. The fourth-order valence-corrected chi connectivity index (χ4v) is 3.60. The van der Waals surface area contributed by atoms with E-state index >= 15 is 0 Å². The lowest BCUT2D eigenvalue weighted by atomic mass is 9.87. The molecule has 0 aliphatic carbocycles. The van der Waals surface area contributed by atoms with Gasteiger partial charge in [0, 0.05) is 19.9 Å². The minimum atomic E-state index is 0.0165. The lowest BCUT2D eigenvalue weighted by molar-refractivity contribution is -0.136. The van der Waals surface area contributed by atoms with Crippen LogP contribution in [0, 0.1) is 11.8 Å². The van der Waals surface area contributed by atoms with Gasteiger partial charge in [0.05, 0.1) is 30.6 Å². The van der Waals surface area contributed by atoms with Crippen LogP contribution < -0.4 is 5.32 Å². The van der Waals surface area contributed by atoms with Crippen molar-refractivity contribution in [3.63, 3.8) is 0 Å². The summed E-state index contributed by atoms with van der Waals surface area (Å²) < 4.78 is 5.89. The first-order valence-electron chi connectivity index (χ1n) is 8.28. The molecule has 2 aliphatic rings. The van der Waals surface area contributed by atoms with Crippen molar-refractivity contribution in [1.29, 1.82) is 0 Å². The lowest BCUT2D eigenvalue weighted by Gasteiger charge is -2.28. The largest absolute Gasteiger partial charge is 0.377 e. The second-order valence-corrected chi connectivity index (χ2v) is 6.50. The third-order valence-electron chi connectivity index (χ3n) is 4.89. The van der Waals surface area contributed by atoms with E-state index in [1.54, 1.807) is 17.4 Å². The van der Waals surface area contributed by atoms with Crippen molar-refractivity contribution in [2.24, 2.45) is 11.8 Å². The summed E-state index contributed by atoms with van der Waals surface area (Å²) in [6, 6.07) is 0. The number of aromatic nitrogens is 2. The van der Waals surface area contributed by atoms with Crippen LogP contribution in [-0.4, -0.2) is 53.6 Å². The zero-order chi connectivity index (χ0) is 15.4. The summed E-state index contributed by atoms with van der Waals surface area (Å²) in [6.45, 7) is 3.48. The molecule has 0 saturated carbocycles. The molecule has 1 amide bonds. The van der Waals surface area contributed by atoms with Gasteiger partial charge in [-0.25, -0.2) is 4.98 Å². The average Bonchev–Trinajstić information content (AvgIpc) is 3.19. The van der Waals surface area contributed by atoms with Crippen molar-refractivity contribution in [2.45, 2.75) is 38.3 Å². The van der Waals surface area contributed by atoms with Crippen LogP contribution in [-0.2, 0) is 16.1 Å². The van der Waals surface area contributed by atoms with Gasteiger partial charge in [0.1, 0.15) is 0 Å². The highest BCUT2D eigenvalue weighted by Crippen LogP contribution is 2.30. The van der Waals surface area contributed by atoms with Gasteiger partial charge < -0.3 is 19.9 Å². The minimum Gasteiger partial charge on any atom is -0.377 e. The van der Waals surface area contributed by atoms with Gasteiger partial charge in [-0.05, 0) is 44.7 Å². The van der Waals surface area contributed by atoms with E-state index in [1.165, 1.54) is 12.8 Å². The van der Waals surface area contributed by atoms with Crippen LogP contribution in [0.2, 0.25) is 0 Å². The number of hydrogen-bond donors (Lipinski definition) is 2. The number of rotatable bonds is 5. The Balaban J connectivity index is 1.55. The van der Waals surface area contributed by atoms with E-state index in [-0.39, 0.29) is 17.9 Å². The van der Waals surface area contributed by atoms with Crippen molar-refractivity contribution < 1.29 is 9.53 Å². The van der Waals surface area contributed by atoms with E-state index in [9.17, 15) is 4.79 Å². The maximum atomic E-state index is 12.7. The number of amides is 1. The molecule has 1 aromatic heterocycles. The van der Waals surface area contributed by atoms with E-state index in [0.717, 1.165) is 31.6 Å². The molecule has 2 N–H and O–H groups in total. The summed E-state index contributed by atoms with van der Waals surface area (Å²) in [6.07, 6.45) is 7.78. The number of imidazole rings is 1. The Morgan fingerprint density at radius 2 is 2.23 bits per heavy atom. The first-order chi connectivity index (χ1) is 10.7. The maximum Gasteiger partial charge on any atom is 0.228 e. The van der Waals surface area contributed by atoms with E-state index in [0.29, 0.717) is 19.1 Å².